The zero-order chi connectivity index (χ0) is 15.4. The van der Waals surface area contributed by atoms with Gasteiger partial charge in [0.15, 0.2) is 0 Å². The molecule has 3 rings (SSSR count). The van der Waals surface area contributed by atoms with Crippen molar-refractivity contribution in [1.82, 2.24) is 20.8 Å². The Balaban J connectivity index is 1.52. The van der Waals surface area contributed by atoms with Gasteiger partial charge >= 0.3 is 0 Å². The maximum atomic E-state index is 11.9. The molecule has 1 aliphatic heterocycles. The van der Waals surface area contributed by atoms with Gasteiger partial charge in [-0.05, 0) is 25.1 Å². The zero-order valence-corrected chi connectivity index (χ0v) is 12.8. The smallest absolute Gasteiger partial charge is 0.228 e. The van der Waals surface area contributed by atoms with Crippen molar-refractivity contribution in [1.29, 1.82) is 0 Å². The third kappa shape index (κ3) is 3.64. The number of aromatic nitrogens is 2. The Hall–Kier alpha value is -1.92. The predicted octanol–water partition coefficient (Wildman–Crippen LogP) is 1.66. The Kier molecular flexibility index (Phi) is 4.70. The molecule has 1 fully saturated rings. The van der Waals surface area contributed by atoms with E-state index >= 15 is 0 Å². The summed E-state index contributed by atoms with van der Waals surface area (Å²) in [6, 6.07) is 7.28. The summed E-state index contributed by atoms with van der Waals surface area (Å²) in [7, 11) is 0. The van der Waals surface area contributed by atoms with Gasteiger partial charge in [0.2, 0.25) is 17.6 Å². The average molecular weight is 321 g/mol. The van der Waals surface area contributed by atoms with Crippen LogP contribution in [0.25, 0.3) is 11.4 Å². The highest BCUT2D eigenvalue weighted by molar-refractivity contribution is 6.30. The lowest BCUT2D eigenvalue weighted by Crippen LogP contribution is -2.33. The van der Waals surface area contributed by atoms with Crippen LogP contribution in [0.1, 0.15) is 12.3 Å². The lowest BCUT2D eigenvalue weighted by molar-refractivity contribution is -0.124. The molecule has 0 aliphatic carbocycles. The second-order valence-corrected chi connectivity index (χ2v) is 5.69. The van der Waals surface area contributed by atoms with Crippen LogP contribution in [0, 0.1) is 5.92 Å². The third-order valence-electron chi connectivity index (χ3n) is 3.62. The second-order valence-electron chi connectivity index (χ2n) is 5.25. The summed E-state index contributed by atoms with van der Waals surface area (Å²) in [5, 5.41) is 10.6. The van der Waals surface area contributed by atoms with Gasteiger partial charge in [0.1, 0.15) is 0 Å². The van der Waals surface area contributed by atoms with E-state index in [0.29, 0.717) is 29.7 Å². The molecule has 0 bridgehead atoms. The summed E-state index contributed by atoms with van der Waals surface area (Å²) < 4.78 is 5.20. The van der Waals surface area contributed by atoms with Crippen molar-refractivity contribution in [3.05, 3.63) is 35.2 Å². The number of carbonyl (C=O) groups excluding carboxylic acids is 1. The fourth-order valence-electron chi connectivity index (χ4n) is 2.42. The first kappa shape index (κ1) is 15.0. The molecule has 0 saturated carbocycles. The molecule has 1 amide bonds. The van der Waals surface area contributed by atoms with Crippen molar-refractivity contribution in [2.45, 2.75) is 12.8 Å². The predicted molar refractivity (Wildman–Crippen MR) is 82.4 cm³/mol. The van der Waals surface area contributed by atoms with Crippen molar-refractivity contribution in [3.63, 3.8) is 0 Å². The molecule has 6 nitrogen and oxygen atoms in total. The van der Waals surface area contributed by atoms with Crippen LogP contribution in [-0.4, -0.2) is 35.7 Å². The summed E-state index contributed by atoms with van der Waals surface area (Å²) in [5.74, 6) is 1.16. The molecule has 0 radical (unpaired) electrons. The highest BCUT2D eigenvalue weighted by Crippen LogP contribution is 2.19. The van der Waals surface area contributed by atoms with E-state index in [1.165, 1.54) is 0 Å². The number of hydrogen-bond acceptors (Lipinski definition) is 5. The summed E-state index contributed by atoms with van der Waals surface area (Å²) >= 11 is 5.94. The number of rotatable bonds is 5. The van der Waals surface area contributed by atoms with E-state index in [4.69, 9.17) is 16.1 Å². The number of nitrogens with one attached hydrogen (secondary N) is 2. The number of hydrogen-bond donors (Lipinski definition) is 2. The van der Waals surface area contributed by atoms with Gasteiger partial charge in [-0.15, -0.1) is 0 Å². The van der Waals surface area contributed by atoms with Crippen LogP contribution in [0.2, 0.25) is 5.02 Å². The molecule has 1 aliphatic rings. The van der Waals surface area contributed by atoms with Crippen LogP contribution in [0.4, 0.5) is 0 Å². The van der Waals surface area contributed by atoms with E-state index in [2.05, 4.69) is 20.8 Å². The highest BCUT2D eigenvalue weighted by Gasteiger charge is 2.21. The van der Waals surface area contributed by atoms with Crippen molar-refractivity contribution < 1.29 is 9.32 Å². The van der Waals surface area contributed by atoms with Crippen LogP contribution in [0.15, 0.2) is 28.8 Å². The van der Waals surface area contributed by atoms with Gasteiger partial charge in [0, 0.05) is 30.1 Å². The molecule has 1 saturated heterocycles. The molecular formula is C15H17ClN4O2. The van der Waals surface area contributed by atoms with Gasteiger partial charge in [-0.3, -0.25) is 4.79 Å². The molecule has 1 unspecified atom stereocenters. The van der Waals surface area contributed by atoms with Crippen LogP contribution in [0.3, 0.4) is 0 Å². The van der Waals surface area contributed by atoms with Gasteiger partial charge in [0.05, 0.1) is 5.92 Å². The molecular weight excluding hydrogens is 304 g/mol. The van der Waals surface area contributed by atoms with E-state index in [1.807, 2.05) is 12.1 Å². The minimum atomic E-state index is 0.0738. The van der Waals surface area contributed by atoms with E-state index in [-0.39, 0.29) is 11.8 Å². The number of benzene rings is 1. The summed E-state index contributed by atoms with van der Waals surface area (Å²) in [6.45, 7) is 2.16. The highest BCUT2D eigenvalue weighted by atomic mass is 35.5. The molecule has 116 valence electrons. The Morgan fingerprint density at radius 2 is 2.41 bits per heavy atom. The number of halogens is 1. The first-order chi connectivity index (χ1) is 10.7. The second kappa shape index (κ2) is 6.89. The Bertz CT molecular complexity index is 652. The van der Waals surface area contributed by atoms with Crippen molar-refractivity contribution in [3.8, 4) is 11.4 Å². The van der Waals surface area contributed by atoms with Crippen molar-refractivity contribution in [2.24, 2.45) is 5.92 Å². The Morgan fingerprint density at radius 3 is 3.18 bits per heavy atom. The molecule has 2 aromatic rings. The quantitative estimate of drug-likeness (QED) is 0.875. The average Bonchev–Trinajstić information content (AvgIpc) is 3.19. The number of nitrogens with zero attached hydrogens (tertiary/aromatic N) is 2. The normalized spacial score (nSPS) is 17.6. The molecule has 2 heterocycles. The largest absolute Gasteiger partial charge is 0.355 e. The Morgan fingerprint density at radius 1 is 1.50 bits per heavy atom. The summed E-state index contributed by atoms with van der Waals surface area (Å²) in [4.78, 5) is 16.2. The van der Waals surface area contributed by atoms with Gasteiger partial charge in [-0.2, -0.15) is 4.98 Å². The maximum Gasteiger partial charge on any atom is 0.228 e. The monoisotopic (exact) mass is 320 g/mol. The minimum Gasteiger partial charge on any atom is -0.355 e. The van der Waals surface area contributed by atoms with E-state index in [1.54, 1.807) is 12.1 Å². The topological polar surface area (TPSA) is 80.1 Å². The SMILES string of the molecule is O=C(NCCc1nc(-c2cccc(Cl)c2)no1)C1CCNC1. The summed E-state index contributed by atoms with van der Waals surface area (Å²) in [5.41, 5.74) is 0.809. The lowest BCUT2D eigenvalue weighted by atomic mass is 10.1. The van der Waals surface area contributed by atoms with Crippen LogP contribution in [0.5, 0.6) is 0 Å². The third-order valence-corrected chi connectivity index (χ3v) is 3.86. The van der Waals surface area contributed by atoms with E-state index in [9.17, 15) is 4.79 Å². The minimum absolute atomic E-state index is 0.0738. The van der Waals surface area contributed by atoms with Crippen LogP contribution in [-0.2, 0) is 11.2 Å². The Labute approximate surface area is 133 Å². The van der Waals surface area contributed by atoms with Crippen LogP contribution >= 0.6 is 11.6 Å². The first-order valence-electron chi connectivity index (χ1n) is 7.29. The first-order valence-corrected chi connectivity index (χ1v) is 7.67. The molecule has 1 atom stereocenters. The standard InChI is InChI=1S/C15H17ClN4O2/c16-12-3-1-2-10(8-12)14-19-13(22-20-14)5-7-18-15(21)11-4-6-17-9-11/h1-3,8,11,17H,4-7,9H2,(H,18,21). The molecule has 0 spiro atoms. The molecule has 1 aromatic carbocycles. The molecule has 7 heteroatoms. The van der Waals surface area contributed by atoms with Crippen LogP contribution < -0.4 is 10.6 Å². The molecule has 22 heavy (non-hydrogen) atoms. The van der Waals surface area contributed by atoms with Gasteiger partial charge in [-0.1, -0.05) is 28.9 Å². The molecule has 2 N–H and O–H groups in total. The van der Waals surface area contributed by atoms with Gasteiger partial charge in [0.25, 0.3) is 0 Å². The van der Waals surface area contributed by atoms with Gasteiger partial charge < -0.3 is 15.2 Å². The van der Waals surface area contributed by atoms with Gasteiger partial charge in [-0.25, -0.2) is 0 Å². The van der Waals surface area contributed by atoms with E-state index in [0.717, 1.165) is 25.1 Å². The van der Waals surface area contributed by atoms with Crippen molar-refractivity contribution >= 4 is 17.5 Å². The maximum absolute atomic E-state index is 11.9. The summed E-state index contributed by atoms with van der Waals surface area (Å²) in [6.07, 6.45) is 1.41. The fourth-order valence-corrected chi connectivity index (χ4v) is 2.61. The lowest BCUT2D eigenvalue weighted by Gasteiger charge is -2.08. The molecule has 1 aromatic heterocycles. The number of carbonyl (C=O) groups is 1. The van der Waals surface area contributed by atoms with E-state index < -0.39 is 0 Å². The van der Waals surface area contributed by atoms with Crippen molar-refractivity contribution in [2.75, 3.05) is 19.6 Å². The fraction of sp³-hybridized carbons (Fsp3) is 0.400. The zero-order valence-electron chi connectivity index (χ0n) is 12.0. The number of amides is 1.